The minimum Gasteiger partial charge on any atom is -0.200 e. The van der Waals surface area contributed by atoms with Crippen molar-refractivity contribution in [1.82, 2.24) is 4.83 Å². The van der Waals surface area contributed by atoms with E-state index in [2.05, 4.69) is 9.93 Å². The van der Waals surface area contributed by atoms with Crippen LogP contribution in [0.4, 0.5) is 0 Å². The van der Waals surface area contributed by atoms with Gasteiger partial charge in [0.05, 0.1) is 10.6 Å². The lowest BCUT2D eigenvalue weighted by Crippen LogP contribution is -2.19. The number of sulfonamides is 1. The molecule has 0 saturated carbocycles. The first-order valence-electron chi connectivity index (χ1n) is 6.59. The average Bonchev–Trinajstić information content (AvgIpc) is 2.48. The van der Waals surface area contributed by atoms with Crippen molar-refractivity contribution in [2.45, 2.75) is 25.7 Å². The highest BCUT2D eigenvalue weighted by Gasteiger charge is 2.12. The number of nitrogens with zero attached hydrogens (tertiary/aromatic N) is 1. The van der Waals surface area contributed by atoms with E-state index >= 15 is 0 Å². The van der Waals surface area contributed by atoms with Crippen molar-refractivity contribution < 1.29 is 8.42 Å². The summed E-state index contributed by atoms with van der Waals surface area (Å²) in [6, 6.07) is 14.1. The molecule has 0 aromatic heterocycles. The minimum atomic E-state index is -3.62. The number of nitrogens with one attached hydrogen (secondary N) is 1. The largest absolute Gasteiger partial charge is 0.276 e. The summed E-state index contributed by atoms with van der Waals surface area (Å²) in [5.74, 6) is 0. The van der Waals surface area contributed by atoms with Gasteiger partial charge < -0.3 is 0 Å². The normalized spacial score (nSPS) is 12.2. The zero-order chi connectivity index (χ0) is 15.5. The summed E-state index contributed by atoms with van der Waals surface area (Å²) in [6.45, 7) is 5.82. The van der Waals surface area contributed by atoms with Gasteiger partial charge in [0.15, 0.2) is 0 Å². The minimum absolute atomic E-state index is 0.196. The molecule has 0 heterocycles. The molecule has 0 atom stereocenters. The summed E-state index contributed by atoms with van der Waals surface area (Å²) in [5, 5.41) is 3.99. The fourth-order valence-corrected chi connectivity index (χ4v) is 2.69. The van der Waals surface area contributed by atoms with Crippen LogP contribution in [0.1, 0.15) is 23.6 Å². The molecule has 2 rings (SSSR count). The topological polar surface area (TPSA) is 58.5 Å². The monoisotopic (exact) mass is 302 g/mol. The fraction of sp³-hybridized carbons (Fsp3) is 0.188. The molecular weight excluding hydrogens is 284 g/mol. The van der Waals surface area contributed by atoms with Gasteiger partial charge in [0.1, 0.15) is 0 Å². The molecule has 2 aromatic rings. The maximum Gasteiger partial charge on any atom is 0.276 e. The van der Waals surface area contributed by atoms with E-state index in [9.17, 15) is 8.42 Å². The van der Waals surface area contributed by atoms with Crippen molar-refractivity contribution in [3.05, 3.63) is 65.2 Å². The molecule has 1 N–H and O–H groups in total. The summed E-state index contributed by atoms with van der Waals surface area (Å²) in [5.41, 5.74) is 3.86. The number of hydrogen-bond donors (Lipinski definition) is 1. The Labute approximate surface area is 125 Å². The number of aryl methyl sites for hydroxylation is 2. The van der Waals surface area contributed by atoms with Crippen molar-refractivity contribution in [2.75, 3.05) is 0 Å². The third kappa shape index (κ3) is 3.70. The highest BCUT2D eigenvalue weighted by molar-refractivity contribution is 7.89. The molecule has 2 aromatic carbocycles. The second-order valence-corrected chi connectivity index (χ2v) is 6.56. The van der Waals surface area contributed by atoms with Crippen molar-refractivity contribution in [3.63, 3.8) is 0 Å². The third-order valence-electron chi connectivity index (χ3n) is 3.31. The van der Waals surface area contributed by atoms with Gasteiger partial charge in [0, 0.05) is 0 Å². The van der Waals surface area contributed by atoms with Crippen LogP contribution in [0.5, 0.6) is 0 Å². The first-order valence-corrected chi connectivity index (χ1v) is 8.07. The summed E-state index contributed by atoms with van der Waals surface area (Å²) >= 11 is 0. The highest BCUT2D eigenvalue weighted by Crippen LogP contribution is 2.11. The molecular formula is C16H18N2O2S. The van der Waals surface area contributed by atoms with Crippen LogP contribution in [0.3, 0.4) is 0 Å². The molecule has 0 aliphatic carbocycles. The molecule has 0 spiro atoms. The summed E-state index contributed by atoms with van der Waals surface area (Å²) in [6.07, 6.45) is 0. The summed E-state index contributed by atoms with van der Waals surface area (Å²) < 4.78 is 24.1. The Morgan fingerprint density at radius 3 is 2.29 bits per heavy atom. The highest BCUT2D eigenvalue weighted by atomic mass is 32.2. The predicted octanol–water partition coefficient (Wildman–Crippen LogP) is 3.01. The summed E-state index contributed by atoms with van der Waals surface area (Å²) in [7, 11) is -3.62. The predicted molar refractivity (Wildman–Crippen MR) is 84.9 cm³/mol. The Balaban J connectivity index is 2.22. The number of benzene rings is 2. The molecule has 0 radical (unpaired) electrons. The quantitative estimate of drug-likeness (QED) is 0.697. The van der Waals surface area contributed by atoms with Gasteiger partial charge in [-0.05, 0) is 55.7 Å². The van der Waals surface area contributed by atoms with Crippen LogP contribution in [-0.2, 0) is 10.0 Å². The van der Waals surface area contributed by atoms with E-state index in [1.807, 2.05) is 32.0 Å². The zero-order valence-electron chi connectivity index (χ0n) is 12.3. The van der Waals surface area contributed by atoms with Crippen LogP contribution in [-0.4, -0.2) is 14.1 Å². The van der Waals surface area contributed by atoms with E-state index in [0.717, 1.165) is 11.1 Å². The standard InChI is InChI=1S/C16H18N2O2S/c1-12-9-10-15(11-13(12)2)14(3)17-18-21(19,20)16-7-5-4-6-8-16/h4-11,18H,1-3H3. The number of hydrogen-bond acceptors (Lipinski definition) is 3. The van der Waals surface area contributed by atoms with Gasteiger partial charge in [-0.25, -0.2) is 0 Å². The average molecular weight is 302 g/mol. The van der Waals surface area contributed by atoms with Crippen molar-refractivity contribution >= 4 is 15.7 Å². The van der Waals surface area contributed by atoms with Crippen LogP contribution < -0.4 is 4.83 Å². The SMILES string of the molecule is CC(=NNS(=O)(=O)c1ccccc1)c1ccc(C)c(C)c1. The lowest BCUT2D eigenvalue weighted by Gasteiger charge is -2.07. The molecule has 0 unspecified atom stereocenters. The fourth-order valence-electron chi connectivity index (χ4n) is 1.81. The first-order chi connectivity index (χ1) is 9.90. The van der Waals surface area contributed by atoms with E-state index in [4.69, 9.17) is 0 Å². The van der Waals surface area contributed by atoms with Crippen LogP contribution in [0, 0.1) is 13.8 Å². The van der Waals surface area contributed by atoms with E-state index < -0.39 is 10.0 Å². The Morgan fingerprint density at radius 2 is 1.67 bits per heavy atom. The van der Waals surface area contributed by atoms with Crippen molar-refractivity contribution in [2.24, 2.45) is 5.10 Å². The van der Waals surface area contributed by atoms with Crippen LogP contribution in [0.2, 0.25) is 0 Å². The van der Waals surface area contributed by atoms with Crippen LogP contribution in [0.15, 0.2) is 58.5 Å². The Hall–Kier alpha value is -2.14. The maximum absolute atomic E-state index is 12.1. The van der Waals surface area contributed by atoms with Gasteiger partial charge in [0.25, 0.3) is 10.0 Å². The molecule has 21 heavy (non-hydrogen) atoms. The van der Waals surface area contributed by atoms with Gasteiger partial charge in [-0.3, -0.25) is 0 Å². The van der Waals surface area contributed by atoms with Gasteiger partial charge in [-0.15, -0.1) is 0 Å². The van der Waals surface area contributed by atoms with Crippen LogP contribution in [0.25, 0.3) is 0 Å². The lowest BCUT2D eigenvalue weighted by molar-refractivity contribution is 0.584. The zero-order valence-corrected chi connectivity index (χ0v) is 13.1. The van der Waals surface area contributed by atoms with Gasteiger partial charge in [-0.2, -0.15) is 18.4 Å². The Morgan fingerprint density at radius 1 is 1.00 bits per heavy atom. The number of rotatable bonds is 4. The number of hydrazone groups is 1. The molecule has 0 fully saturated rings. The smallest absolute Gasteiger partial charge is 0.200 e. The van der Waals surface area contributed by atoms with E-state index in [1.165, 1.54) is 17.7 Å². The van der Waals surface area contributed by atoms with E-state index in [-0.39, 0.29) is 4.90 Å². The maximum atomic E-state index is 12.1. The van der Waals surface area contributed by atoms with E-state index in [0.29, 0.717) is 5.71 Å². The lowest BCUT2D eigenvalue weighted by atomic mass is 10.0. The van der Waals surface area contributed by atoms with Gasteiger partial charge in [0.2, 0.25) is 0 Å². The van der Waals surface area contributed by atoms with Crippen molar-refractivity contribution in [3.8, 4) is 0 Å². The molecule has 0 amide bonds. The van der Waals surface area contributed by atoms with Gasteiger partial charge >= 0.3 is 0 Å². The molecule has 0 saturated heterocycles. The van der Waals surface area contributed by atoms with E-state index in [1.54, 1.807) is 25.1 Å². The Kier molecular flexibility index (Phi) is 4.43. The van der Waals surface area contributed by atoms with Crippen LogP contribution >= 0.6 is 0 Å². The van der Waals surface area contributed by atoms with Crippen molar-refractivity contribution in [1.29, 1.82) is 0 Å². The second-order valence-electron chi connectivity index (χ2n) is 4.90. The summed E-state index contributed by atoms with van der Waals surface area (Å²) in [4.78, 5) is 2.46. The third-order valence-corrected chi connectivity index (χ3v) is 4.54. The Bertz CT molecular complexity index is 766. The van der Waals surface area contributed by atoms with Gasteiger partial charge in [-0.1, -0.05) is 30.3 Å². The molecule has 0 bridgehead atoms. The molecule has 110 valence electrons. The molecule has 4 nitrogen and oxygen atoms in total. The first kappa shape index (κ1) is 15.3. The molecule has 0 aliphatic rings. The molecule has 5 heteroatoms. The molecule has 0 aliphatic heterocycles. The second kappa shape index (κ2) is 6.10.